The molecule has 2 fully saturated rings. The Morgan fingerprint density at radius 2 is 1.90 bits per heavy atom. The van der Waals surface area contributed by atoms with Gasteiger partial charge in [-0.05, 0) is 30.5 Å². The van der Waals surface area contributed by atoms with E-state index in [1.165, 1.54) is 0 Å². The first-order valence-electron chi connectivity index (χ1n) is 10.8. The van der Waals surface area contributed by atoms with E-state index in [2.05, 4.69) is 17.0 Å². The Hall–Kier alpha value is -2.67. The van der Waals surface area contributed by atoms with Crippen molar-refractivity contribution in [2.24, 2.45) is 5.92 Å². The third-order valence-corrected chi connectivity index (χ3v) is 6.15. The molecule has 0 N–H and O–H groups in total. The Balaban J connectivity index is 1.45. The predicted molar refractivity (Wildman–Crippen MR) is 113 cm³/mol. The molecule has 30 heavy (non-hydrogen) atoms. The van der Waals surface area contributed by atoms with Crippen LogP contribution in [0.3, 0.4) is 0 Å². The fraction of sp³-hybridized carbons (Fsp3) is 0.522. The van der Waals surface area contributed by atoms with Gasteiger partial charge in [-0.15, -0.1) is 0 Å². The van der Waals surface area contributed by atoms with Crippen LogP contribution in [-0.2, 0) is 28.9 Å². The summed E-state index contributed by atoms with van der Waals surface area (Å²) in [4.78, 5) is 26.9. The van der Waals surface area contributed by atoms with Gasteiger partial charge in [0.2, 0.25) is 5.91 Å². The number of nitrogens with zero attached hydrogens (tertiary/aromatic N) is 4. The highest BCUT2D eigenvalue weighted by Crippen LogP contribution is 2.34. The first-order valence-corrected chi connectivity index (χ1v) is 10.8. The lowest BCUT2D eigenvalue weighted by atomic mass is 10.0. The number of anilines is 1. The molecule has 1 saturated carbocycles. The lowest BCUT2D eigenvalue weighted by Gasteiger charge is -2.34. The van der Waals surface area contributed by atoms with Crippen molar-refractivity contribution in [3.63, 3.8) is 0 Å². The number of morpholine rings is 1. The quantitative estimate of drug-likeness (QED) is 0.756. The summed E-state index contributed by atoms with van der Waals surface area (Å²) in [5.74, 6) is 3.21. The Labute approximate surface area is 177 Å². The molecule has 1 saturated heterocycles. The zero-order valence-electron chi connectivity index (χ0n) is 17.5. The molecule has 5 rings (SSSR count). The number of hydrogen-bond donors (Lipinski definition) is 0. The Bertz CT molecular complexity index is 921. The first-order chi connectivity index (χ1) is 14.7. The number of ether oxygens (including phenoxy) is 2. The average Bonchev–Trinajstić information content (AvgIpc) is 3.64. The highest BCUT2D eigenvalue weighted by atomic mass is 16.5. The maximum Gasteiger partial charge on any atom is 0.225 e. The zero-order valence-corrected chi connectivity index (χ0v) is 17.5. The average molecular weight is 409 g/mol. The van der Waals surface area contributed by atoms with Crippen LogP contribution in [0.5, 0.6) is 5.75 Å². The van der Waals surface area contributed by atoms with Crippen molar-refractivity contribution in [2.45, 2.75) is 32.2 Å². The fourth-order valence-corrected chi connectivity index (χ4v) is 4.26. The second-order valence-electron chi connectivity index (χ2n) is 8.30. The number of hydrogen-bond acceptors (Lipinski definition) is 6. The van der Waals surface area contributed by atoms with Crippen LogP contribution in [0.25, 0.3) is 0 Å². The molecule has 1 amide bonds. The molecule has 7 heteroatoms. The monoisotopic (exact) mass is 408 g/mol. The van der Waals surface area contributed by atoms with E-state index in [0.717, 1.165) is 73.1 Å². The van der Waals surface area contributed by atoms with Crippen LogP contribution in [0.4, 0.5) is 5.82 Å². The summed E-state index contributed by atoms with van der Waals surface area (Å²) in [6.45, 7) is 4.43. The number of carbonyl (C=O) groups excluding carboxylic acids is 1. The van der Waals surface area contributed by atoms with Crippen LogP contribution in [0.1, 0.15) is 35.5 Å². The molecule has 1 aromatic carbocycles. The lowest BCUT2D eigenvalue weighted by Crippen LogP contribution is -2.41. The highest BCUT2D eigenvalue weighted by Gasteiger charge is 2.36. The lowest BCUT2D eigenvalue weighted by molar-refractivity contribution is -0.133. The van der Waals surface area contributed by atoms with E-state index >= 15 is 0 Å². The minimum absolute atomic E-state index is 0.244. The smallest absolute Gasteiger partial charge is 0.225 e. The largest absolute Gasteiger partial charge is 0.497 e. The van der Waals surface area contributed by atoms with Gasteiger partial charge in [0, 0.05) is 44.0 Å². The molecule has 0 unspecified atom stereocenters. The summed E-state index contributed by atoms with van der Waals surface area (Å²) in [6.07, 6.45) is 3.55. The molecule has 2 aliphatic heterocycles. The molecular formula is C23H28N4O3. The predicted octanol–water partition coefficient (Wildman–Crippen LogP) is 2.21. The number of fused-ring (bicyclic) bond motifs is 1. The van der Waals surface area contributed by atoms with Gasteiger partial charge in [0.15, 0.2) is 0 Å². The van der Waals surface area contributed by atoms with E-state index in [0.29, 0.717) is 32.1 Å². The zero-order chi connectivity index (χ0) is 20.5. The second kappa shape index (κ2) is 8.22. The molecule has 1 aromatic heterocycles. The number of amides is 1. The van der Waals surface area contributed by atoms with Crippen molar-refractivity contribution in [3.8, 4) is 5.75 Å². The van der Waals surface area contributed by atoms with Crippen LogP contribution in [0, 0.1) is 5.92 Å². The third-order valence-electron chi connectivity index (χ3n) is 6.15. The maximum absolute atomic E-state index is 12.7. The van der Waals surface area contributed by atoms with Crippen molar-refractivity contribution in [1.29, 1.82) is 0 Å². The SMILES string of the molecule is COc1ccc(Cc2nc3c(c(N4CCOCC4)n2)CN(C(=O)C2CC2)CC3)cc1. The molecule has 0 spiro atoms. The summed E-state index contributed by atoms with van der Waals surface area (Å²) < 4.78 is 10.8. The van der Waals surface area contributed by atoms with Crippen LogP contribution in [0.2, 0.25) is 0 Å². The number of benzene rings is 1. The van der Waals surface area contributed by atoms with E-state index < -0.39 is 0 Å². The molecule has 7 nitrogen and oxygen atoms in total. The van der Waals surface area contributed by atoms with E-state index in [1.54, 1.807) is 7.11 Å². The van der Waals surface area contributed by atoms with Gasteiger partial charge in [-0.25, -0.2) is 9.97 Å². The third kappa shape index (κ3) is 3.99. The summed E-state index contributed by atoms with van der Waals surface area (Å²) in [5, 5.41) is 0. The van der Waals surface area contributed by atoms with E-state index in [9.17, 15) is 4.79 Å². The van der Waals surface area contributed by atoms with Crippen LogP contribution >= 0.6 is 0 Å². The summed E-state index contributed by atoms with van der Waals surface area (Å²) >= 11 is 0. The van der Waals surface area contributed by atoms with Gasteiger partial charge in [-0.2, -0.15) is 0 Å². The minimum atomic E-state index is 0.244. The molecule has 3 heterocycles. The van der Waals surface area contributed by atoms with Crippen molar-refractivity contribution < 1.29 is 14.3 Å². The molecular weight excluding hydrogens is 380 g/mol. The molecule has 0 atom stereocenters. The molecule has 2 aromatic rings. The highest BCUT2D eigenvalue weighted by molar-refractivity contribution is 5.81. The Morgan fingerprint density at radius 1 is 1.13 bits per heavy atom. The minimum Gasteiger partial charge on any atom is -0.497 e. The maximum atomic E-state index is 12.7. The van der Waals surface area contributed by atoms with Crippen molar-refractivity contribution >= 4 is 11.7 Å². The van der Waals surface area contributed by atoms with E-state index in [4.69, 9.17) is 19.4 Å². The van der Waals surface area contributed by atoms with Crippen molar-refractivity contribution in [2.75, 3.05) is 44.9 Å². The number of rotatable bonds is 5. The van der Waals surface area contributed by atoms with Crippen LogP contribution < -0.4 is 9.64 Å². The number of aromatic nitrogens is 2. The Morgan fingerprint density at radius 3 is 2.60 bits per heavy atom. The van der Waals surface area contributed by atoms with Crippen LogP contribution in [0.15, 0.2) is 24.3 Å². The topological polar surface area (TPSA) is 67.8 Å². The second-order valence-corrected chi connectivity index (χ2v) is 8.30. The first kappa shape index (κ1) is 19.3. The fourth-order valence-electron chi connectivity index (χ4n) is 4.26. The number of carbonyl (C=O) groups is 1. The van der Waals surface area contributed by atoms with Gasteiger partial charge >= 0.3 is 0 Å². The van der Waals surface area contributed by atoms with E-state index in [-0.39, 0.29) is 5.92 Å². The molecule has 158 valence electrons. The van der Waals surface area contributed by atoms with Crippen molar-refractivity contribution in [1.82, 2.24) is 14.9 Å². The number of methoxy groups -OCH3 is 1. The summed E-state index contributed by atoms with van der Waals surface area (Å²) in [5.41, 5.74) is 3.37. The summed E-state index contributed by atoms with van der Waals surface area (Å²) in [6, 6.07) is 8.06. The van der Waals surface area contributed by atoms with Gasteiger partial charge < -0.3 is 19.3 Å². The van der Waals surface area contributed by atoms with Gasteiger partial charge in [0.1, 0.15) is 17.4 Å². The van der Waals surface area contributed by atoms with Gasteiger partial charge in [0.25, 0.3) is 0 Å². The molecule has 1 aliphatic carbocycles. The molecule has 0 bridgehead atoms. The Kier molecular flexibility index (Phi) is 5.29. The van der Waals surface area contributed by atoms with Crippen LogP contribution in [-0.4, -0.2) is 60.7 Å². The van der Waals surface area contributed by atoms with Crippen molar-refractivity contribution in [3.05, 3.63) is 46.9 Å². The molecule has 0 radical (unpaired) electrons. The summed E-state index contributed by atoms with van der Waals surface area (Å²) in [7, 11) is 1.67. The standard InChI is InChI=1S/C23H28N4O3/c1-29-18-6-2-16(3-7-18)14-21-24-20-8-9-27(23(28)17-4-5-17)15-19(20)22(25-21)26-10-12-30-13-11-26/h2-3,6-7,17H,4-5,8-15H2,1H3. The van der Waals surface area contributed by atoms with Gasteiger partial charge in [0.05, 0.1) is 32.6 Å². The normalized spacial score (nSPS) is 18.8. The molecule has 3 aliphatic rings. The van der Waals surface area contributed by atoms with E-state index in [1.807, 2.05) is 17.0 Å². The van der Waals surface area contributed by atoms with Gasteiger partial charge in [-0.3, -0.25) is 4.79 Å². The van der Waals surface area contributed by atoms with Gasteiger partial charge in [-0.1, -0.05) is 12.1 Å².